The summed E-state index contributed by atoms with van der Waals surface area (Å²) in [6.45, 7) is 5.35. The zero-order chi connectivity index (χ0) is 16.3. The first-order chi connectivity index (χ1) is 10.4. The number of amides is 4. The van der Waals surface area contributed by atoms with Crippen LogP contribution >= 0.6 is 11.3 Å². The minimum absolute atomic E-state index is 0.0296. The molecule has 1 aliphatic rings. The van der Waals surface area contributed by atoms with Crippen LogP contribution in [0.4, 0.5) is 4.79 Å². The van der Waals surface area contributed by atoms with Gasteiger partial charge >= 0.3 is 6.03 Å². The molecule has 22 heavy (non-hydrogen) atoms. The van der Waals surface area contributed by atoms with E-state index in [4.69, 9.17) is 0 Å². The zero-order valence-electron chi connectivity index (χ0n) is 13.0. The van der Waals surface area contributed by atoms with Crippen molar-refractivity contribution in [1.29, 1.82) is 0 Å². The number of rotatable bonds is 6. The van der Waals surface area contributed by atoms with Crippen molar-refractivity contribution in [2.45, 2.75) is 45.2 Å². The largest absolute Gasteiger partial charge is 0.352 e. The van der Waals surface area contributed by atoms with Crippen molar-refractivity contribution >= 4 is 29.2 Å². The van der Waals surface area contributed by atoms with Gasteiger partial charge in [-0.05, 0) is 31.7 Å². The predicted octanol–water partition coefficient (Wildman–Crippen LogP) is 1.82. The molecule has 1 aliphatic heterocycles. The summed E-state index contributed by atoms with van der Waals surface area (Å²) < 4.78 is 0. The molecule has 0 unspecified atom stereocenters. The van der Waals surface area contributed by atoms with E-state index in [2.05, 4.69) is 10.6 Å². The molecule has 2 heterocycles. The number of urea groups is 1. The summed E-state index contributed by atoms with van der Waals surface area (Å²) in [5, 5.41) is 7.33. The average molecular weight is 323 g/mol. The lowest BCUT2D eigenvalue weighted by atomic mass is 10.0. The summed E-state index contributed by atoms with van der Waals surface area (Å²) >= 11 is 1.40. The molecular weight excluding hydrogens is 302 g/mol. The molecule has 2 atom stereocenters. The first-order valence-corrected chi connectivity index (χ1v) is 8.24. The van der Waals surface area contributed by atoms with Crippen LogP contribution in [0.5, 0.6) is 0 Å². The van der Waals surface area contributed by atoms with E-state index in [9.17, 15) is 14.4 Å². The first kappa shape index (κ1) is 16.5. The fourth-order valence-corrected chi connectivity index (χ4v) is 3.37. The van der Waals surface area contributed by atoms with Crippen LogP contribution in [-0.2, 0) is 15.1 Å². The van der Waals surface area contributed by atoms with E-state index in [1.54, 1.807) is 13.0 Å². The summed E-state index contributed by atoms with van der Waals surface area (Å²) in [5.41, 5.74) is -1.08. The molecule has 1 fully saturated rings. The molecule has 1 aromatic heterocycles. The van der Waals surface area contributed by atoms with Crippen LogP contribution in [0.2, 0.25) is 0 Å². The van der Waals surface area contributed by atoms with Crippen molar-refractivity contribution in [2.75, 3.05) is 6.54 Å². The van der Waals surface area contributed by atoms with Crippen LogP contribution in [0.15, 0.2) is 17.5 Å². The van der Waals surface area contributed by atoms with Gasteiger partial charge in [0.2, 0.25) is 5.91 Å². The third-order valence-corrected chi connectivity index (χ3v) is 4.81. The van der Waals surface area contributed by atoms with Crippen LogP contribution in [0.3, 0.4) is 0 Å². The van der Waals surface area contributed by atoms with Crippen LogP contribution in [0.25, 0.3) is 0 Å². The van der Waals surface area contributed by atoms with Crippen molar-refractivity contribution in [3.8, 4) is 0 Å². The van der Waals surface area contributed by atoms with Gasteiger partial charge in [0.1, 0.15) is 6.54 Å². The smallest absolute Gasteiger partial charge is 0.325 e. The number of thiophene rings is 1. The van der Waals surface area contributed by atoms with Gasteiger partial charge in [0, 0.05) is 10.9 Å². The molecule has 0 aliphatic carbocycles. The lowest BCUT2D eigenvalue weighted by Gasteiger charge is -2.20. The summed E-state index contributed by atoms with van der Waals surface area (Å²) in [6.07, 6.45) is 1.82. The van der Waals surface area contributed by atoms with Gasteiger partial charge in [-0.1, -0.05) is 19.4 Å². The Bertz CT molecular complexity index is 573. The molecule has 2 N–H and O–H groups in total. The van der Waals surface area contributed by atoms with Crippen LogP contribution in [-0.4, -0.2) is 35.3 Å². The Balaban J connectivity index is 2.05. The predicted molar refractivity (Wildman–Crippen MR) is 84.4 cm³/mol. The van der Waals surface area contributed by atoms with E-state index in [0.29, 0.717) is 0 Å². The third kappa shape index (κ3) is 3.14. The zero-order valence-corrected chi connectivity index (χ0v) is 13.8. The number of hydrogen-bond donors (Lipinski definition) is 2. The highest BCUT2D eigenvalue weighted by Gasteiger charge is 2.50. The normalized spacial score (nSPS) is 22.6. The van der Waals surface area contributed by atoms with Gasteiger partial charge in [0.15, 0.2) is 5.54 Å². The van der Waals surface area contributed by atoms with Crippen molar-refractivity contribution < 1.29 is 14.4 Å². The topological polar surface area (TPSA) is 78.5 Å². The lowest BCUT2D eigenvalue weighted by Crippen LogP contribution is -2.44. The monoisotopic (exact) mass is 323 g/mol. The summed E-state index contributed by atoms with van der Waals surface area (Å²) in [4.78, 5) is 38.3. The van der Waals surface area contributed by atoms with Crippen molar-refractivity contribution in [3.63, 3.8) is 0 Å². The van der Waals surface area contributed by atoms with Gasteiger partial charge in [0.05, 0.1) is 0 Å². The second kappa shape index (κ2) is 6.48. The Morgan fingerprint density at radius 3 is 2.82 bits per heavy atom. The fourth-order valence-electron chi connectivity index (χ4n) is 2.54. The Morgan fingerprint density at radius 2 is 2.23 bits per heavy atom. The second-order valence-corrected chi connectivity index (χ2v) is 6.63. The van der Waals surface area contributed by atoms with Gasteiger partial charge in [-0.2, -0.15) is 0 Å². The summed E-state index contributed by atoms with van der Waals surface area (Å²) in [6, 6.07) is 3.13. The lowest BCUT2D eigenvalue weighted by molar-refractivity contribution is -0.134. The average Bonchev–Trinajstić information content (AvgIpc) is 3.04. The molecule has 0 radical (unpaired) electrons. The molecule has 120 valence electrons. The van der Waals surface area contributed by atoms with Gasteiger partial charge in [-0.3, -0.25) is 14.5 Å². The number of nitrogens with zero attached hydrogens (tertiary/aromatic N) is 1. The highest BCUT2D eigenvalue weighted by atomic mass is 32.1. The summed E-state index contributed by atoms with van der Waals surface area (Å²) in [7, 11) is 0. The van der Waals surface area contributed by atoms with Gasteiger partial charge in [0.25, 0.3) is 5.91 Å². The van der Waals surface area contributed by atoms with Crippen LogP contribution < -0.4 is 10.6 Å². The van der Waals surface area contributed by atoms with Crippen LogP contribution in [0.1, 0.15) is 38.5 Å². The summed E-state index contributed by atoms with van der Waals surface area (Å²) in [5.74, 6) is -0.710. The van der Waals surface area contributed by atoms with Crippen molar-refractivity contribution in [3.05, 3.63) is 22.4 Å². The molecule has 0 saturated carbocycles. The maximum atomic E-state index is 12.6. The molecule has 4 amide bonds. The molecule has 2 rings (SSSR count). The molecule has 0 aromatic carbocycles. The van der Waals surface area contributed by atoms with Gasteiger partial charge in [-0.15, -0.1) is 11.3 Å². The maximum Gasteiger partial charge on any atom is 0.325 e. The molecular formula is C15H21N3O3S. The van der Waals surface area contributed by atoms with Crippen molar-refractivity contribution in [1.82, 2.24) is 15.5 Å². The van der Waals surface area contributed by atoms with E-state index in [0.717, 1.165) is 22.6 Å². The molecule has 7 heteroatoms. The van der Waals surface area contributed by atoms with Crippen molar-refractivity contribution in [2.24, 2.45) is 0 Å². The highest BCUT2D eigenvalue weighted by molar-refractivity contribution is 7.10. The maximum absolute atomic E-state index is 12.6. The quantitative estimate of drug-likeness (QED) is 0.784. The van der Waals surface area contributed by atoms with E-state index in [-0.39, 0.29) is 18.5 Å². The molecule has 1 saturated heterocycles. The first-order valence-electron chi connectivity index (χ1n) is 7.36. The Kier molecular flexibility index (Phi) is 4.85. The minimum Gasteiger partial charge on any atom is -0.352 e. The number of carbonyl (C=O) groups excluding carboxylic acids is 3. The van der Waals surface area contributed by atoms with E-state index >= 15 is 0 Å². The number of imide groups is 1. The number of hydrogen-bond acceptors (Lipinski definition) is 4. The van der Waals surface area contributed by atoms with Gasteiger partial charge < -0.3 is 10.6 Å². The number of nitrogens with one attached hydrogen (secondary N) is 2. The second-order valence-electron chi connectivity index (χ2n) is 5.68. The fraction of sp³-hybridized carbons (Fsp3) is 0.533. The van der Waals surface area contributed by atoms with Crippen LogP contribution in [0, 0.1) is 0 Å². The van der Waals surface area contributed by atoms with Gasteiger partial charge in [-0.25, -0.2) is 4.79 Å². The molecule has 1 aromatic rings. The Morgan fingerprint density at radius 1 is 1.50 bits per heavy atom. The molecule has 0 bridgehead atoms. The third-order valence-electron chi connectivity index (χ3n) is 3.72. The van der Waals surface area contributed by atoms with E-state index < -0.39 is 17.5 Å². The minimum atomic E-state index is -1.08. The standard InChI is InChI=1S/C15H21N3O3S/c1-4-6-10(2)16-12(19)9-18-13(20)15(3,17-14(18)21)11-7-5-8-22-11/h5,7-8,10H,4,6,9H2,1-3H3,(H,16,19)(H,17,21)/t10-,15+/m1/s1. The highest BCUT2D eigenvalue weighted by Crippen LogP contribution is 2.31. The van der Waals surface area contributed by atoms with E-state index in [1.165, 1.54) is 11.3 Å². The Hall–Kier alpha value is -1.89. The molecule has 0 spiro atoms. The van der Waals surface area contributed by atoms with E-state index in [1.807, 2.05) is 25.3 Å². The molecule has 6 nitrogen and oxygen atoms in total. The SMILES string of the molecule is CCC[C@@H](C)NC(=O)CN1C(=O)N[C@@](C)(c2cccs2)C1=O. The number of carbonyl (C=O) groups is 3. The Labute approximate surface area is 133 Å².